The number of carbonyl (C=O) groups is 1. The number of benzene rings is 1. The third-order valence-corrected chi connectivity index (χ3v) is 4.89. The lowest BCUT2D eigenvalue weighted by molar-refractivity contribution is -0.133. The highest BCUT2D eigenvalue weighted by Gasteiger charge is 2.37. The zero-order chi connectivity index (χ0) is 17.4. The summed E-state index contributed by atoms with van der Waals surface area (Å²) < 4.78 is 16.6. The van der Waals surface area contributed by atoms with Gasteiger partial charge in [0.05, 0.1) is 23.7 Å². The summed E-state index contributed by atoms with van der Waals surface area (Å²) in [5.74, 6) is 2.05. The van der Waals surface area contributed by atoms with Crippen molar-refractivity contribution in [2.45, 2.75) is 38.3 Å². The van der Waals surface area contributed by atoms with Crippen LogP contribution < -0.4 is 9.47 Å². The van der Waals surface area contributed by atoms with E-state index in [0.717, 1.165) is 24.2 Å². The molecule has 2 aromatic rings. The second-order valence-electron chi connectivity index (χ2n) is 6.50. The molecule has 25 heavy (non-hydrogen) atoms. The number of amides is 1. The van der Waals surface area contributed by atoms with Gasteiger partial charge in [-0.3, -0.25) is 4.79 Å². The maximum atomic E-state index is 13.0. The fraction of sp³-hybridized carbons (Fsp3) is 0.421. The molecule has 1 aliphatic heterocycles. The summed E-state index contributed by atoms with van der Waals surface area (Å²) in [5.41, 5.74) is 0.830. The Morgan fingerprint density at radius 3 is 2.84 bits per heavy atom. The van der Waals surface area contributed by atoms with Gasteiger partial charge in [0, 0.05) is 6.04 Å². The van der Waals surface area contributed by atoms with Crippen molar-refractivity contribution in [2.24, 2.45) is 0 Å². The van der Waals surface area contributed by atoms with Crippen LogP contribution in [0.1, 0.15) is 37.1 Å². The largest absolute Gasteiger partial charge is 0.486 e. The van der Waals surface area contributed by atoms with Gasteiger partial charge in [0.2, 0.25) is 5.91 Å². The molecular formula is C19H20ClNO4. The first-order chi connectivity index (χ1) is 12.1. The average Bonchev–Trinajstić information content (AvgIpc) is 3.26. The van der Waals surface area contributed by atoms with Crippen molar-refractivity contribution in [1.82, 2.24) is 4.90 Å². The lowest BCUT2D eigenvalue weighted by Crippen LogP contribution is -2.36. The molecule has 1 saturated carbocycles. The normalized spacial score (nSPS) is 17.2. The first kappa shape index (κ1) is 16.3. The molecule has 1 aliphatic carbocycles. The fourth-order valence-corrected chi connectivity index (χ4v) is 3.57. The summed E-state index contributed by atoms with van der Waals surface area (Å²) in [6.45, 7) is 2.98. The van der Waals surface area contributed by atoms with E-state index in [1.807, 2.05) is 30.0 Å². The molecule has 132 valence electrons. The fourth-order valence-electron chi connectivity index (χ4n) is 3.29. The molecule has 5 nitrogen and oxygen atoms in total. The lowest BCUT2D eigenvalue weighted by Gasteiger charge is -2.28. The quantitative estimate of drug-likeness (QED) is 0.807. The Balaban J connectivity index is 1.55. The Bertz CT molecular complexity index is 770. The standard InChI is InChI=1S/C19H20ClNO4/c1-12(16-3-2-6-23-16)21(14-4-5-14)18(22)11-13-9-15(20)19-17(10-13)24-7-8-25-19/h2-3,6,9-10,12,14H,4-5,7-8,11H2,1H3. The summed E-state index contributed by atoms with van der Waals surface area (Å²) in [6, 6.07) is 7.61. The van der Waals surface area contributed by atoms with Gasteiger partial charge in [0.1, 0.15) is 19.0 Å². The van der Waals surface area contributed by atoms with E-state index >= 15 is 0 Å². The second-order valence-corrected chi connectivity index (χ2v) is 6.91. The molecule has 0 spiro atoms. The topological polar surface area (TPSA) is 51.9 Å². The van der Waals surface area contributed by atoms with Gasteiger partial charge < -0.3 is 18.8 Å². The molecule has 1 aromatic heterocycles. The van der Waals surface area contributed by atoms with Crippen LogP contribution in [0, 0.1) is 0 Å². The molecule has 0 radical (unpaired) electrons. The second kappa shape index (κ2) is 6.64. The van der Waals surface area contributed by atoms with E-state index < -0.39 is 0 Å². The van der Waals surface area contributed by atoms with Crippen LogP contribution in [-0.2, 0) is 11.2 Å². The van der Waals surface area contributed by atoms with Gasteiger partial charge in [0.15, 0.2) is 11.5 Å². The molecular weight excluding hydrogens is 342 g/mol. The van der Waals surface area contributed by atoms with Crippen LogP contribution in [0.15, 0.2) is 34.9 Å². The number of furan rings is 1. The molecule has 1 atom stereocenters. The van der Waals surface area contributed by atoms with Gasteiger partial charge in [-0.15, -0.1) is 0 Å². The predicted molar refractivity (Wildman–Crippen MR) is 93.1 cm³/mol. The summed E-state index contributed by atoms with van der Waals surface area (Å²) in [5, 5.41) is 0.483. The minimum absolute atomic E-state index is 0.0687. The average molecular weight is 362 g/mol. The van der Waals surface area contributed by atoms with Gasteiger partial charge in [0.25, 0.3) is 0 Å². The van der Waals surface area contributed by atoms with Crippen LogP contribution in [0.25, 0.3) is 0 Å². The highest BCUT2D eigenvalue weighted by Crippen LogP contribution is 2.39. The van der Waals surface area contributed by atoms with Gasteiger partial charge in [-0.25, -0.2) is 0 Å². The molecule has 4 rings (SSSR count). The highest BCUT2D eigenvalue weighted by molar-refractivity contribution is 6.32. The Hall–Kier alpha value is -2.14. The number of ether oxygens (including phenoxy) is 2. The van der Waals surface area contributed by atoms with Crippen molar-refractivity contribution < 1.29 is 18.7 Å². The monoisotopic (exact) mass is 361 g/mol. The van der Waals surface area contributed by atoms with E-state index in [-0.39, 0.29) is 18.4 Å². The third kappa shape index (κ3) is 3.33. The Morgan fingerprint density at radius 2 is 2.12 bits per heavy atom. The zero-order valence-corrected chi connectivity index (χ0v) is 14.8. The molecule has 6 heteroatoms. The molecule has 0 bridgehead atoms. The van der Waals surface area contributed by atoms with E-state index in [1.165, 1.54) is 0 Å². The van der Waals surface area contributed by atoms with E-state index in [9.17, 15) is 4.79 Å². The summed E-state index contributed by atoms with van der Waals surface area (Å²) in [4.78, 5) is 14.9. The van der Waals surface area contributed by atoms with E-state index in [0.29, 0.717) is 35.8 Å². The van der Waals surface area contributed by atoms with Gasteiger partial charge in [-0.1, -0.05) is 11.6 Å². The number of hydrogen-bond donors (Lipinski definition) is 0. The Morgan fingerprint density at radius 1 is 1.32 bits per heavy atom. The molecule has 1 aromatic carbocycles. The van der Waals surface area contributed by atoms with Crippen molar-refractivity contribution in [1.29, 1.82) is 0 Å². The van der Waals surface area contributed by atoms with Gasteiger partial charge in [-0.2, -0.15) is 0 Å². The van der Waals surface area contributed by atoms with Crippen molar-refractivity contribution in [2.75, 3.05) is 13.2 Å². The van der Waals surface area contributed by atoms with E-state index in [4.69, 9.17) is 25.5 Å². The Labute approximate surface area is 151 Å². The first-order valence-electron chi connectivity index (χ1n) is 8.56. The number of rotatable bonds is 5. The molecule has 0 saturated heterocycles. The SMILES string of the molecule is CC(c1ccco1)N(C(=O)Cc1cc(Cl)c2c(c1)OCCO2)C1CC1. The number of halogens is 1. The molecule has 2 aliphatic rings. The number of carbonyl (C=O) groups excluding carboxylic acids is 1. The minimum Gasteiger partial charge on any atom is -0.486 e. The minimum atomic E-state index is -0.0808. The van der Waals surface area contributed by atoms with Gasteiger partial charge >= 0.3 is 0 Å². The van der Waals surface area contributed by atoms with Crippen LogP contribution in [0.2, 0.25) is 5.02 Å². The van der Waals surface area contributed by atoms with Crippen LogP contribution in [0.5, 0.6) is 11.5 Å². The molecule has 2 heterocycles. The summed E-state index contributed by atoms with van der Waals surface area (Å²) >= 11 is 6.28. The van der Waals surface area contributed by atoms with Crippen LogP contribution in [0.3, 0.4) is 0 Å². The van der Waals surface area contributed by atoms with Crippen molar-refractivity contribution in [3.05, 3.63) is 46.9 Å². The van der Waals surface area contributed by atoms with Crippen LogP contribution >= 0.6 is 11.6 Å². The molecule has 1 amide bonds. The summed E-state index contributed by atoms with van der Waals surface area (Å²) in [6.07, 6.45) is 4.00. The highest BCUT2D eigenvalue weighted by atomic mass is 35.5. The van der Waals surface area contributed by atoms with Gasteiger partial charge in [-0.05, 0) is 49.6 Å². The van der Waals surface area contributed by atoms with E-state index in [2.05, 4.69) is 0 Å². The van der Waals surface area contributed by atoms with Crippen molar-refractivity contribution in [3.63, 3.8) is 0 Å². The maximum absolute atomic E-state index is 13.0. The number of hydrogen-bond acceptors (Lipinski definition) is 4. The van der Waals surface area contributed by atoms with Crippen molar-refractivity contribution >= 4 is 17.5 Å². The lowest BCUT2D eigenvalue weighted by atomic mass is 10.1. The summed E-state index contributed by atoms with van der Waals surface area (Å²) in [7, 11) is 0. The maximum Gasteiger partial charge on any atom is 0.227 e. The number of fused-ring (bicyclic) bond motifs is 1. The Kier molecular flexibility index (Phi) is 4.34. The number of nitrogens with zero attached hydrogens (tertiary/aromatic N) is 1. The predicted octanol–water partition coefficient (Wildman–Crippen LogP) is 4.00. The van der Waals surface area contributed by atoms with E-state index in [1.54, 1.807) is 12.3 Å². The zero-order valence-electron chi connectivity index (χ0n) is 14.0. The third-order valence-electron chi connectivity index (χ3n) is 4.61. The molecule has 0 N–H and O–H groups in total. The molecule has 1 unspecified atom stereocenters. The van der Waals surface area contributed by atoms with Crippen molar-refractivity contribution in [3.8, 4) is 11.5 Å². The van der Waals surface area contributed by atoms with Crippen LogP contribution in [-0.4, -0.2) is 30.1 Å². The first-order valence-corrected chi connectivity index (χ1v) is 8.94. The molecule has 1 fully saturated rings. The smallest absolute Gasteiger partial charge is 0.227 e. The van der Waals surface area contributed by atoms with Crippen LogP contribution in [0.4, 0.5) is 0 Å².